The first kappa shape index (κ1) is 36.3. The van der Waals surface area contributed by atoms with Gasteiger partial charge in [-0.15, -0.1) is 0 Å². The number of nitrogens with zero attached hydrogens (tertiary/aromatic N) is 2. The number of aryl methyl sites for hydroxylation is 2. The van der Waals surface area contributed by atoms with E-state index in [0.717, 1.165) is 58.4 Å². The van der Waals surface area contributed by atoms with Gasteiger partial charge in [0.05, 0.1) is 12.6 Å². The quantitative estimate of drug-likeness (QED) is 0.191. The van der Waals surface area contributed by atoms with Crippen LogP contribution in [0.25, 0.3) is 5.57 Å². The van der Waals surface area contributed by atoms with Crippen molar-refractivity contribution in [3.8, 4) is 5.75 Å². The Labute approximate surface area is 301 Å². The van der Waals surface area contributed by atoms with E-state index in [0.29, 0.717) is 51.1 Å². The van der Waals surface area contributed by atoms with Crippen LogP contribution < -0.4 is 10.1 Å². The second-order valence-electron chi connectivity index (χ2n) is 14.5. The van der Waals surface area contributed by atoms with Crippen LogP contribution in [0.15, 0.2) is 66.2 Å². The van der Waals surface area contributed by atoms with Gasteiger partial charge in [-0.3, -0.25) is 14.4 Å². The first-order chi connectivity index (χ1) is 24.6. The van der Waals surface area contributed by atoms with Crippen LogP contribution in [0.4, 0.5) is 0 Å². The van der Waals surface area contributed by atoms with Gasteiger partial charge in [-0.25, -0.2) is 0 Å². The monoisotopic (exact) mass is 693 g/mol. The van der Waals surface area contributed by atoms with Crippen LogP contribution in [-0.2, 0) is 33.8 Å². The van der Waals surface area contributed by atoms with Gasteiger partial charge >= 0.3 is 5.97 Å². The summed E-state index contributed by atoms with van der Waals surface area (Å²) < 4.78 is 6.20. The number of aliphatic hydroxyl groups excluding tert-OH is 1. The topological polar surface area (TPSA) is 119 Å². The van der Waals surface area contributed by atoms with Crippen LogP contribution in [0.1, 0.15) is 77.5 Å². The van der Waals surface area contributed by atoms with Gasteiger partial charge in [0.25, 0.3) is 5.91 Å². The Kier molecular flexibility index (Phi) is 11.6. The molecule has 9 nitrogen and oxygen atoms in total. The van der Waals surface area contributed by atoms with Crippen LogP contribution in [0.3, 0.4) is 0 Å². The van der Waals surface area contributed by atoms with Crippen molar-refractivity contribution in [2.75, 3.05) is 26.3 Å². The van der Waals surface area contributed by atoms with Crippen molar-refractivity contribution in [1.82, 2.24) is 15.1 Å². The van der Waals surface area contributed by atoms with Gasteiger partial charge in [0.2, 0.25) is 5.91 Å². The smallest absolute Gasteiger partial charge is 0.303 e. The van der Waals surface area contributed by atoms with Gasteiger partial charge in [0.15, 0.2) is 0 Å². The zero-order valence-electron chi connectivity index (χ0n) is 30.1. The van der Waals surface area contributed by atoms with Crippen LogP contribution in [0, 0.1) is 20.8 Å². The number of aliphatic carboxylic acids is 1. The van der Waals surface area contributed by atoms with Crippen molar-refractivity contribution in [2.24, 2.45) is 0 Å². The molecule has 3 aromatic carbocycles. The van der Waals surface area contributed by atoms with Crippen molar-refractivity contribution >= 4 is 23.4 Å². The summed E-state index contributed by atoms with van der Waals surface area (Å²) in [5, 5.41) is 22.5. The molecule has 1 saturated carbocycles. The van der Waals surface area contributed by atoms with E-state index in [9.17, 15) is 19.5 Å². The van der Waals surface area contributed by atoms with E-state index in [1.165, 1.54) is 11.1 Å². The molecule has 3 aromatic rings. The minimum absolute atomic E-state index is 0.0104. The number of rotatable bonds is 15. The maximum atomic E-state index is 14.9. The van der Waals surface area contributed by atoms with Gasteiger partial charge in [0, 0.05) is 63.2 Å². The molecule has 2 heterocycles. The summed E-state index contributed by atoms with van der Waals surface area (Å²) in [5.74, 6) is -0.0604. The average Bonchev–Trinajstić information content (AvgIpc) is 3.95. The number of amides is 2. The number of ether oxygens (including phenoxy) is 1. The first-order valence-electron chi connectivity index (χ1n) is 18.4. The van der Waals surface area contributed by atoms with Crippen LogP contribution in [0.5, 0.6) is 5.75 Å². The molecule has 0 aromatic heterocycles. The molecule has 2 bridgehead atoms. The van der Waals surface area contributed by atoms with Crippen molar-refractivity contribution in [3.05, 3.63) is 105 Å². The highest BCUT2D eigenvalue weighted by Gasteiger charge is 2.43. The highest BCUT2D eigenvalue weighted by Crippen LogP contribution is 2.38. The zero-order valence-corrected chi connectivity index (χ0v) is 30.1. The fraction of sp³-hybridized carbons (Fsp3) is 0.452. The number of benzene rings is 3. The lowest BCUT2D eigenvalue weighted by Crippen LogP contribution is -2.62. The third kappa shape index (κ3) is 8.89. The molecule has 3 N–H and O–H groups in total. The Balaban J connectivity index is 1.26. The molecule has 2 fully saturated rings. The number of hydrogen-bond acceptors (Lipinski definition) is 6. The van der Waals surface area contributed by atoms with Gasteiger partial charge in [-0.1, -0.05) is 54.6 Å². The molecule has 1 saturated heterocycles. The second kappa shape index (κ2) is 16.3. The number of carbonyl (C=O) groups excluding carboxylic acids is 2. The Morgan fingerprint density at radius 2 is 1.69 bits per heavy atom. The highest BCUT2D eigenvalue weighted by atomic mass is 16.5. The van der Waals surface area contributed by atoms with E-state index in [1.54, 1.807) is 0 Å². The molecule has 0 radical (unpaired) electrons. The van der Waals surface area contributed by atoms with Crippen LogP contribution >= 0.6 is 0 Å². The number of piperazine rings is 1. The number of nitrogens with one attached hydrogen (secondary N) is 1. The SMILES string of the molecule is Cc1cc(C)c(C)c(OCCc2ccc(C3=C(C(=O)N(Cc4ccccc4CCO)C4CC4)[C@H]4CN(C(=O)CCCC(=O)O)C[C@@H](C3)N4)cc2)c1. The molecule has 9 heteroatoms. The van der Waals surface area contributed by atoms with Gasteiger partial charge in [0.1, 0.15) is 5.75 Å². The van der Waals surface area contributed by atoms with Crippen molar-refractivity contribution in [3.63, 3.8) is 0 Å². The van der Waals surface area contributed by atoms with Gasteiger partial charge < -0.3 is 30.1 Å². The summed E-state index contributed by atoms with van der Waals surface area (Å²) >= 11 is 0. The average molecular weight is 694 g/mol. The third-order valence-corrected chi connectivity index (χ3v) is 10.6. The molecule has 1 aliphatic carbocycles. The summed E-state index contributed by atoms with van der Waals surface area (Å²) in [5.41, 5.74) is 9.55. The minimum Gasteiger partial charge on any atom is -0.493 e. The lowest BCUT2D eigenvalue weighted by Gasteiger charge is -2.45. The molecule has 0 unspecified atom stereocenters. The Bertz CT molecular complexity index is 1780. The summed E-state index contributed by atoms with van der Waals surface area (Å²) in [4.78, 5) is 43.0. The normalized spacial score (nSPS) is 18.5. The number of carboxylic acids is 1. The lowest BCUT2D eigenvalue weighted by atomic mass is 9.82. The molecule has 0 spiro atoms. The molecule has 270 valence electrons. The van der Waals surface area contributed by atoms with Gasteiger partial charge in [-0.2, -0.15) is 0 Å². The zero-order chi connectivity index (χ0) is 36.1. The molecular formula is C42H51N3O6. The van der Waals surface area contributed by atoms with Gasteiger partial charge in [-0.05, 0) is 103 Å². The number of aliphatic hydroxyl groups is 1. The number of fused-ring (bicyclic) bond motifs is 2. The predicted octanol–water partition coefficient (Wildman–Crippen LogP) is 5.54. The van der Waals surface area contributed by atoms with Crippen molar-refractivity contribution in [2.45, 2.75) is 96.8 Å². The highest BCUT2D eigenvalue weighted by molar-refractivity contribution is 6.03. The summed E-state index contributed by atoms with van der Waals surface area (Å²) in [6.45, 7) is 8.22. The van der Waals surface area contributed by atoms with Crippen LogP contribution in [0.2, 0.25) is 0 Å². The maximum Gasteiger partial charge on any atom is 0.303 e. The summed E-state index contributed by atoms with van der Waals surface area (Å²) in [7, 11) is 0. The molecule has 6 rings (SSSR count). The van der Waals surface area contributed by atoms with E-state index in [-0.39, 0.29) is 49.4 Å². The summed E-state index contributed by atoms with van der Waals surface area (Å²) in [6, 6.07) is 20.5. The molecule has 2 atom stereocenters. The van der Waals surface area contributed by atoms with Crippen molar-refractivity contribution < 1.29 is 29.3 Å². The number of hydrogen-bond donors (Lipinski definition) is 3. The van der Waals surface area contributed by atoms with E-state index in [4.69, 9.17) is 9.84 Å². The summed E-state index contributed by atoms with van der Waals surface area (Å²) in [6.07, 6.45) is 4.22. The van der Waals surface area contributed by atoms with Crippen LogP contribution in [-0.4, -0.2) is 82.2 Å². The van der Waals surface area contributed by atoms with E-state index >= 15 is 0 Å². The lowest BCUT2D eigenvalue weighted by molar-refractivity contribution is -0.138. The molecular weight excluding hydrogens is 642 g/mol. The minimum atomic E-state index is -0.906. The molecule has 3 aliphatic rings. The fourth-order valence-corrected chi connectivity index (χ4v) is 7.59. The van der Waals surface area contributed by atoms with Crippen molar-refractivity contribution in [1.29, 1.82) is 0 Å². The van der Waals surface area contributed by atoms with E-state index in [1.807, 2.05) is 34.1 Å². The van der Waals surface area contributed by atoms with E-state index in [2.05, 4.69) is 62.5 Å². The van der Waals surface area contributed by atoms with E-state index < -0.39 is 5.97 Å². The maximum absolute atomic E-state index is 14.9. The number of carbonyl (C=O) groups is 3. The molecule has 2 amide bonds. The predicted molar refractivity (Wildman–Crippen MR) is 197 cm³/mol. The number of carboxylic acid groups (broad SMARTS) is 1. The second-order valence-corrected chi connectivity index (χ2v) is 14.5. The Hall–Kier alpha value is -4.47. The molecule has 2 aliphatic heterocycles. The molecule has 51 heavy (non-hydrogen) atoms. The third-order valence-electron chi connectivity index (χ3n) is 10.6. The Morgan fingerprint density at radius 3 is 2.39 bits per heavy atom. The first-order valence-corrected chi connectivity index (χ1v) is 18.4. The Morgan fingerprint density at radius 1 is 0.941 bits per heavy atom. The fourth-order valence-electron chi connectivity index (χ4n) is 7.59. The largest absolute Gasteiger partial charge is 0.493 e. The standard InChI is InChI=1S/C42H51N3O6/c1-27-21-28(2)29(3)38(22-27)51-20-18-30-11-13-32(14-12-30)36-23-34-25-44(39(47)9-6-10-40(48)49)26-37(43-34)41(36)42(50)45(35-15-16-35)24-33-8-5-4-7-31(33)17-19-46/h4-5,7-8,11-14,21-22,34-35,37,43,46H,6,9-10,15-20,23-26H2,1-3H3,(H,48,49)/t34-,37-/m1/s1.